The Labute approximate surface area is 103 Å². The summed E-state index contributed by atoms with van der Waals surface area (Å²) in [6, 6.07) is 12.9. The Morgan fingerprint density at radius 3 is 2.17 bits per heavy atom. The highest BCUT2D eigenvalue weighted by molar-refractivity contribution is 5.83. The average Bonchev–Trinajstić information content (AvgIpc) is 2.38. The number of hydrogen-bond donors (Lipinski definition) is 2. The van der Waals surface area contributed by atoms with E-state index in [1.807, 2.05) is 0 Å². The Morgan fingerprint density at radius 1 is 1.00 bits per heavy atom. The van der Waals surface area contributed by atoms with Gasteiger partial charge in [-0.05, 0) is 17.7 Å². The monoisotopic (exact) mass is 246 g/mol. The standard InChI is InChI=1S/C14H11FO3/c15-12-8-4-7-11(9-12)14(18,13(16)17)10-5-2-1-3-6-10/h1-9,18H,(H,16,17). The maximum absolute atomic E-state index is 13.2. The summed E-state index contributed by atoms with van der Waals surface area (Å²) in [5.74, 6) is -2.04. The van der Waals surface area contributed by atoms with Gasteiger partial charge in [-0.25, -0.2) is 9.18 Å². The number of rotatable bonds is 3. The van der Waals surface area contributed by atoms with E-state index in [9.17, 15) is 19.4 Å². The van der Waals surface area contributed by atoms with Crippen LogP contribution in [0.5, 0.6) is 0 Å². The fourth-order valence-electron chi connectivity index (χ4n) is 1.81. The van der Waals surface area contributed by atoms with Gasteiger partial charge in [-0.3, -0.25) is 0 Å². The molecule has 0 aliphatic heterocycles. The average molecular weight is 246 g/mol. The van der Waals surface area contributed by atoms with Crippen molar-refractivity contribution in [2.45, 2.75) is 5.60 Å². The molecule has 0 bridgehead atoms. The fourth-order valence-corrected chi connectivity index (χ4v) is 1.81. The molecule has 0 aliphatic carbocycles. The molecule has 2 aromatic rings. The number of carboxylic acids is 1. The van der Waals surface area contributed by atoms with Gasteiger partial charge in [0.25, 0.3) is 0 Å². The van der Waals surface area contributed by atoms with Crippen molar-refractivity contribution in [1.29, 1.82) is 0 Å². The van der Waals surface area contributed by atoms with Crippen LogP contribution in [0.4, 0.5) is 4.39 Å². The van der Waals surface area contributed by atoms with Gasteiger partial charge in [-0.15, -0.1) is 0 Å². The Hall–Kier alpha value is -2.20. The van der Waals surface area contributed by atoms with Gasteiger partial charge in [-0.1, -0.05) is 42.5 Å². The molecule has 0 amide bonds. The van der Waals surface area contributed by atoms with Crippen LogP contribution in [0.1, 0.15) is 11.1 Å². The third-order valence-electron chi connectivity index (χ3n) is 2.74. The van der Waals surface area contributed by atoms with Gasteiger partial charge in [0.2, 0.25) is 5.60 Å². The van der Waals surface area contributed by atoms with Crippen molar-refractivity contribution in [3.63, 3.8) is 0 Å². The van der Waals surface area contributed by atoms with Crippen molar-refractivity contribution < 1.29 is 19.4 Å². The van der Waals surface area contributed by atoms with Crippen LogP contribution in [-0.2, 0) is 10.4 Å². The van der Waals surface area contributed by atoms with Crippen LogP contribution in [-0.4, -0.2) is 16.2 Å². The van der Waals surface area contributed by atoms with E-state index in [1.54, 1.807) is 18.2 Å². The zero-order valence-corrected chi connectivity index (χ0v) is 9.38. The van der Waals surface area contributed by atoms with Crippen LogP contribution in [0.15, 0.2) is 54.6 Å². The molecule has 18 heavy (non-hydrogen) atoms. The summed E-state index contributed by atoms with van der Waals surface area (Å²) in [6.07, 6.45) is 0. The quantitative estimate of drug-likeness (QED) is 0.872. The number of carbonyl (C=O) groups is 1. The highest BCUT2D eigenvalue weighted by Gasteiger charge is 2.40. The molecule has 0 radical (unpaired) electrons. The van der Waals surface area contributed by atoms with Gasteiger partial charge < -0.3 is 10.2 Å². The molecule has 2 rings (SSSR count). The number of aliphatic carboxylic acids is 1. The first-order valence-electron chi connectivity index (χ1n) is 5.32. The van der Waals surface area contributed by atoms with Crippen LogP contribution in [0.25, 0.3) is 0 Å². The highest BCUT2D eigenvalue weighted by Crippen LogP contribution is 2.30. The summed E-state index contributed by atoms with van der Waals surface area (Å²) in [5, 5.41) is 19.6. The van der Waals surface area contributed by atoms with E-state index in [0.29, 0.717) is 0 Å². The molecule has 0 aromatic heterocycles. The van der Waals surface area contributed by atoms with Gasteiger partial charge >= 0.3 is 5.97 Å². The topological polar surface area (TPSA) is 57.5 Å². The van der Waals surface area contributed by atoms with Gasteiger partial charge in [0.15, 0.2) is 0 Å². The summed E-state index contributed by atoms with van der Waals surface area (Å²) in [7, 11) is 0. The zero-order valence-electron chi connectivity index (χ0n) is 9.38. The van der Waals surface area contributed by atoms with Crippen molar-refractivity contribution in [2.24, 2.45) is 0 Å². The molecular weight excluding hydrogens is 235 g/mol. The lowest BCUT2D eigenvalue weighted by Crippen LogP contribution is -2.36. The second-order valence-electron chi connectivity index (χ2n) is 3.89. The van der Waals surface area contributed by atoms with Gasteiger partial charge in [0.05, 0.1) is 0 Å². The minimum Gasteiger partial charge on any atom is -0.479 e. The normalized spacial score (nSPS) is 13.9. The van der Waals surface area contributed by atoms with Crippen LogP contribution in [0.2, 0.25) is 0 Å². The Morgan fingerprint density at radius 2 is 1.61 bits per heavy atom. The van der Waals surface area contributed by atoms with Crippen LogP contribution >= 0.6 is 0 Å². The summed E-state index contributed by atoms with van der Waals surface area (Å²) in [6.45, 7) is 0. The molecule has 3 nitrogen and oxygen atoms in total. The highest BCUT2D eigenvalue weighted by atomic mass is 19.1. The number of halogens is 1. The van der Waals surface area contributed by atoms with E-state index in [0.717, 1.165) is 6.07 Å². The van der Waals surface area contributed by atoms with Crippen molar-refractivity contribution in [3.05, 3.63) is 71.5 Å². The first-order valence-corrected chi connectivity index (χ1v) is 5.32. The van der Waals surface area contributed by atoms with Gasteiger partial charge in [0.1, 0.15) is 5.82 Å². The molecule has 0 heterocycles. The van der Waals surface area contributed by atoms with E-state index in [1.165, 1.54) is 30.3 Å². The summed E-state index contributed by atoms with van der Waals surface area (Å²) >= 11 is 0. The van der Waals surface area contributed by atoms with Crippen LogP contribution < -0.4 is 0 Å². The smallest absolute Gasteiger partial charge is 0.345 e. The van der Waals surface area contributed by atoms with Gasteiger partial charge in [-0.2, -0.15) is 0 Å². The van der Waals surface area contributed by atoms with E-state index in [-0.39, 0.29) is 11.1 Å². The molecule has 2 N–H and O–H groups in total. The third-order valence-corrected chi connectivity index (χ3v) is 2.74. The summed E-state index contributed by atoms with van der Waals surface area (Å²) in [5.41, 5.74) is -2.08. The molecule has 1 unspecified atom stereocenters. The molecule has 0 saturated heterocycles. The lowest BCUT2D eigenvalue weighted by molar-refractivity contribution is -0.155. The Kier molecular flexibility index (Phi) is 3.12. The predicted molar refractivity (Wildman–Crippen MR) is 63.5 cm³/mol. The second-order valence-corrected chi connectivity index (χ2v) is 3.89. The van der Waals surface area contributed by atoms with E-state index >= 15 is 0 Å². The van der Waals surface area contributed by atoms with Crippen molar-refractivity contribution in [2.75, 3.05) is 0 Å². The zero-order chi connectivity index (χ0) is 13.2. The van der Waals surface area contributed by atoms with Crippen LogP contribution in [0, 0.1) is 5.82 Å². The van der Waals surface area contributed by atoms with Gasteiger partial charge in [0, 0.05) is 5.56 Å². The molecule has 1 atom stereocenters. The molecule has 0 saturated carbocycles. The number of hydrogen-bond acceptors (Lipinski definition) is 2. The molecule has 0 fully saturated rings. The van der Waals surface area contributed by atoms with Crippen LogP contribution in [0.3, 0.4) is 0 Å². The number of aliphatic hydroxyl groups is 1. The maximum Gasteiger partial charge on any atom is 0.345 e. The molecular formula is C14H11FO3. The summed E-state index contributed by atoms with van der Waals surface area (Å²) < 4.78 is 13.2. The predicted octanol–water partition coefficient (Wildman–Crippen LogP) is 2.15. The van der Waals surface area contributed by atoms with Crippen molar-refractivity contribution in [1.82, 2.24) is 0 Å². The second kappa shape index (κ2) is 4.58. The molecule has 0 aliphatic rings. The largest absolute Gasteiger partial charge is 0.479 e. The first-order chi connectivity index (χ1) is 8.55. The lowest BCUT2D eigenvalue weighted by atomic mass is 9.86. The maximum atomic E-state index is 13.2. The minimum absolute atomic E-state index is 0.0128. The SMILES string of the molecule is O=C(O)C(O)(c1ccccc1)c1cccc(F)c1. The molecule has 0 spiro atoms. The van der Waals surface area contributed by atoms with Crippen molar-refractivity contribution in [3.8, 4) is 0 Å². The number of carboxylic acid groups (broad SMARTS) is 1. The number of benzene rings is 2. The first kappa shape index (κ1) is 12.3. The molecule has 4 heteroatoms. The van der Waals surface area contributed by atoms with E-state index in [2.05, 4.69) is 0 Å². The Balaban J connectivity index is 2.62. The lowest BCUT2D eigenvalue weighted by Gasteiger charge is -2.24. The Bertz CT molecular complexity index is 568. The molecule has 92 valence electrons. The van der Waals surface area contributed by atoms with Crippen molar-refractivity contribution >= 4 is 5.97 Å². The van der Waals surface area contributed by atoms with E-state index in [4.69, 9.17) is 0 Å². The minimum atomic E-state index is -2.25. The fraction of sp³-hybridized carbons (Fsp3) is 0.0714. The van der Waals surface area contributed by atoms with E-state index < -0.39 is 17.4 Å². The third kappa shape index (κ3) is 1.98. The molecule has 2 aromatic carbocycles. The summed E-state index contributed by atoms with van der Waals surface area (Å²) in [4.78, 5) is 11.4.